The number of carbonyl (C=O) groups is 1. The van der Waals surface area contributed by atoms with E-state index in [0.29, 0.717) is 0 Å². The van der Waals surface area contributed by atoms with Gasteiger partial charge in [-0.25, -0.2) is 4.39 Å². The molecule has 17 heavy (non-hydrogen) atoms. The number of alkyl halides is 4. The molecular formula is C11H10F4O2. The van der Waals surface area contributed by atoms with E-state index >= 15 is 0 Å². The maximum Gasteiger partial charge on any atom is 0.423 e. The van der Waals surface area contributed by atoms with Crippen molar-refractivity contribution in [3.8, 4) is 0 Å². The van der Waals surface area contributed by atoms with E-state index in [9.17, 15) is 22.4 Å². The molecule has 1 N–H and O–H groups in total. The number of hydrogen-bond donors (Lipinski definition) is 1. The van der Waals surface area contributed by atoms with Crippen LogP contribution in [0, 0.1) is 0 Å². The molecule has 0 radical (unpaired) electrons. The average Bonchev–Trinajstić information content (AvgIpc) is 2.25. The van der Waals surface area contributed by atoms with Crippen molar-refractivity contribution >= 4 is 5.97 Å². The molecule has 1 aromatic carbocycles. The quantitative estimate of drug-likeness (QED) is 0.834. The van der Waals surface area contributed by atoms with Crippen LogP contribution in [-0.2, 0) is 4.79 Å². The summed E-state index contributed by atoms with van der Waals surface area (Å²) >= 11 is 0. The van der Waals surface area contributed by atoms with Gasteiger partial charge in [-0.15, -0.1) is 0 Å². The average molecular weight is 250 g/mol. The Balaban J connectivity index is 3.21. The Labute approximate surface area is 94.9 Å². The SMILES string of the molecule is CC(C(=O)O)c1ccccc1C(F)C(F)(F)F. The van der Waals surface area contributed by atoms with Crippen molar-refractivity contribution in [3.05, 3.63) is 35.4 Å². The van der Waals surface area contributed by atoms with Gasteiger partial charge in [-0.3, -0.25) is 4.79 Å². The highest BCUT2D eigenvalue weighted by Gasteiger charge is 2.42. The van der Waals surface area contributed by atoms with Gasteiger partial charge in [0.15, 0.2) is 0 Å². The van der Waals surface area contributed by atoms with E-state index < -0.39 is 29.8 Å². The van der Waals surface area contributed by atoms with Crippen LogP contribution in [0.2, 0.25) is 0 Å². The Kier molecular flexibility index (Phi) is 3.75. The largest absolute Gasteiger partial charge is 0.481 e. The lowest BCUT2D eigenvalue weighted by Crippen LogP contribution is -2.20. The summed E-state index contributed by atoms with van der Waals surface area (Å²) in [6.07, 6.45) is -8.20. The van der Waals surface area contributed by atoms with Crippen LogP contribution in [0.4, 0.5) is 17.6 Å². The number of hydrogen-bond acceptors (Lipinski definition) is 1. The molecule has 6 heteroatoms. The molecule has 0 bridgehead atoms. The normalized spacial score (nSPS) is 15.4. The molecule has 2 nitrogen and oxygen atoms in total. The summed E-state index contributed by atoms with van der Waals surface area (Å²) in [6.45, 7) is 1.21. The summed E-state index contributed by atoms with van der Waals surface area (Å²) in [4.78, 5) is 10.7. The lowest BCUT2D eigenvalue weighted by molar-refractivity contribution is -0.183. The van der Waals surface area contributed by atoms with Gasteiger partial charge in [-0.05, 0) is 18.1 Å². The Hall–Kier alpha value is -1.59. The first kappa shape index (κ1) is 13.5. The van der Waals surface area contributed by atoms with Crippen molar-refractivity contribution in [2.45, 2.75) is 25.2 Å². The third-order valence-corrected chi connectivity index (χ3v) is 2.39. The lowest BCUT2D eigenvalue weighted by atomic mass is 9.93. The molecule has 94 valence electrons. The van der Waals surface area contributed by atoms with Crippen LogP contribution >= 0.6 is 0 Å². The maximum atomic E-state index is 13.2. The van der Waals surface area contributed by atoms with Crippen LogP contribution in [-0.4, -0.2) is 17.3 Å². The smallest absolute Gasteiger partial charge is 0.423 e. The van der Waals surface area contributed by atoms with Crippen LogP contribution in [0.3, 0.4) is 0 Å². The maximum absolute atomic E-state index is 13.2. The molecule has 0 aromatic heterocycles. The first-order valence-electron chi connectivity index (χ1n) is 4.77. The highest BCUT2D eigenvalue weighted by molar-refractivity contribution is 5.76. The van der Waals surface area contributed by atoms with E-state index in [4.69, 9.17) is 5.11 Å². The minimum Gasteiger partial charge on any atom is -0.481 e. The minimum atomic E-state index is -5.03. The second-order valence-electron chi connectivity index (χ2n) is 3.59. The Morgan fingerprint density at radius 3 is 2.12 bits per heavy atom. The van der Waals surface area contributed by atoms with E-state index in [0.717, 1.165) is 6.07 Å². The molecule has 0 saturated heterocycles. The van der Waals surface area contributed by atoms with Gasteiger partial charge in [0, 0.05) is 0 Å². The summed E-state index contributed by atoms with van der Waals surface area (Å²) in [6, 6.07) is 4.76. The fraction of sp³-hybridized carbons (Fsp3) is 0.364. The fourth-order valence-electron chi connectivity index (χ4n) is 1.45. The predicted molar refractivity (Wildman–Crippen MR) is 52.4 cm³/mol. The standard InChI is InChI=1S/C11H10F4O2/c1-6(10(16)17)7-4-2-3-5-8(7)9(12)11(13,14)15/h2-6,9H,1H3,(H,16,17). The lowest BCUT2D eigenvalue weighted by Gasteiger charge is -2.18. The molecule has 1 rings (SSSR count). The highest BCUT2D eigenvalue weighted by Crippen LogP contribution is 2.39. The van der Waals surface area contributed by atoms with E-state index in [1.54, 1.807) is 0 Å². The van der Waals surface area contributed by atoms with Crippen molar-refractivity contribution < 1.29 is 27.5 Å². The second kappa shape index (κ2) is 4.73. The molecule has 2 unspecified atom stereocenters. The number of benzene rings is 1. The number of carboxylic acid groups (broad SMARTS) is 1. The summed E-state index contributed by atoms with van der Waals surface area (Å²) in [5, 5.41) is 8.74. The van der Waals surface area contributed by atoms with Gasteiger partial charge in [0.2, 0.25) is 6.17 Å². The summed E-state index contributed by atoms with van der Waals surface area (Å²) < 4.78 is 50.0. The van der Waals surface area contributed by atoms with E-state index in [-0.39, 0.29) is 5.56 Å². The molecule has 0 aliphatic carbocycles. The van der Waals surface area contributed by atoms with Crippen molar-refractivity contribution in [3.63, 3.8) is 0 Å². The number of rotatable bonds is 3. The monoisotopic (exact) mass is 250 g/mol. The van der Waals surface area contributed by atoms with E-state index in [1.807, 2.05) is 0 Å². The van der Waals surface area contributed by atoms with E-state index in [2.05, 4.69) is 0 Å². The molecule has 0 spiro atoms. The zero-order valence-electron chi connectivity index (χ0n) is 8.83. The summed E-state index contributed by atoms with van der Waals surface area (Å²) in [5.74, 6) is -2.49. The zero-order valence-corrected chi connectivity index (χ0v) is 8.83. The Morgan fingerprint density at radius 2 is 1.71 bits per heavy atom. The molecule has 0 amide bonds. The molecule has 0 aliphatic rings. The summed E-state index contributed by atoms with van der Waals surface area (Å²) in [7, 11) is 0. The van der Waals surface area contributed by atoms with Gasteiger partial charge in [0.25, 0.3) is 0 Å². The highest BCUT2D eigenvalue weighted by atomic mass is 19.4. The van der Waals surface area contributed by atoms with Crippen LogP contribution < -0.4 is 0 Å². The van der Waals surface area contributed by atoms with Crippen molar-refractivity contribution in [2.24, 2.45) is 0 Å². The second-order valence-corrected chi connectivity index (χ2v) is 3.59. The van der Waals surface area contributed by atoms with E-state index in [1.165, 1.54) is 25.1 Å². The molecular weight excluding hydrogens is 240 g/mol. The summed E-state index contributed by atoms with van der Waals surface area (Å²) in [5.41, 5.74) is -0.806. The van der Waals surface area contributed by atoms with Gasteiger partial charge in [-0.2, -0.15) is 13.2 Å². The fourth-order valence-corrected chi connectivity index (χ4v) is 1.45. The molecule has 0 saturated carbocycles. The predicted octanol–water partition coefficient (Wildman–Crippen LogP) is 3.45. The molecule has 0 fully saturated rings. The molecule has 0 heterocycles. The van der Waals surface area contributed by atoms with Gasteiger partial charge in [-0.1, -0.05) is 24.3 Å². The third-order valence-electron chi connectivity index (χ3n) is 2.39. The zero-order chi connectivity index (χ0) is 13.2. The number of aliphatic carboxylic acids is 1. The number of halogens is 4. The molecule has 0 aliphatic heterocycles. The van der Waals surface area contributed by atoms with Crippen molar-refractivity contribution in [1.29, 1.82) is 0 Å². The van der Waals surface area contributed by atoms with Crippen LogP contribution in [0.15, 0.2) is 24.3 Å². The van der Waals surface area contributed by atoms with Crippen LogP contribution in [0.1, 0.15) is 30.1 Å². The van der Waals surface area contributed by atoms with Gasteiger partial charge in [0.05, 0.1) is 5.92 Å². The Bertz CT molecular complexity index is 414. The Morgan fingerprint density at radius 1 is 1.24 bits per heavy atom. The number of carboxylic acids is 1. The van der Waals surface area contributed by atoms with Crippen molar-refractivity contribution in [2.75, 3.05) is 0 Å². The molecule has 2 atom stereocenters. The first-order valence-corrected chi connectivity index (χ1v) is 4.77. The third kappa shape index (κ3) is 2.95. The van der Waals surface area contributed by atoms with Crippen LogP contribution in [0.5, 0.6) is 0 Å². The van der Waals surface area contributed by atoms with Crippen molar-refractivity contribution in [1.82, 2.24) is 0 Å². The first-order chi connectivity index (χ1) is 7.75. The van der Waals surface area contributed by atoms with Gasteiger partial charge < -0.3 is 5.11 Å². The molecule has 1 aromatic rings. The topological polar surface area (TPSA) is 37.3 Å². The van der Waals surface area contributed by atoms with Crippen LogP contribution in [0.25, 0.3) is 0 Å². The van der Waals surface area contributed by atoms with Gasteiger partial charge >= 0.3 is 12.1 Å². The van der Waals surface area contributed by atoms with Gasteiger partial charge in [0.1, 0.15) is 0 Å². The minimum absolute atomic E-state index is 0.162.